The van der Waals surface area contributed by atoms with Gasteiger partial charge in [0, 0.05) is 5.69 Å². The highest BCUT2D eigenvalue weighted by Crippen LogP contribution is 2.25. The molecule has 0 aliphatic carbocycles. The summed E-state index contributed by atoms with van der Waals surface area (Å²) in [6, 6.07) is 4.39. The van der Waals surface area contributed by atoms with Crippen LogP contribution in [0.2, 0.25) is 0 Å². The summed E-state index contributed by atoms with van der Waals surface area (Å²) in [7, 11) is 0. The van der Waals surface area contributed by atoms with Crippen LogP contribution >= 0.6 is 0 Å². The van der Waals surface area contributed by atoms with Crippen molar-refractivity contribution < 1.29 is 0 Å². The largest absolute Gasteiger partial charge is 0.376 e. The Balaban J connectivity index is 3.11. The fourth-order valence-electron chi connectivity index (χ4n) is 1.99. The Morgan fingerprint density at radius 2 is 1.69 bits per heavy atom. The molecule has 1 rings (SSSR count). The molecule has 0 aliphatic heterocycles. The minimum atomic E-state index is -0.119. The van der Waals surface area contributed by atoms with Crippen LogP contribution in [0.15, 0.2) is 30.5 Å². The summed E-state index contributed by atoms with van der Waals surface area (Å²) >= 11 is 0. The fourth-order valence-corrected chi connectivity index (χ4v) is 1.99. The van der Waals surface area contributed by atoms with E-state index in [0.717, 1.165) is 0 Å². The molecule has 1 nitrogen and oxygen atoms in total. The third-order valence-corrected chi connectivity index (χ3v) is 2.59. The number of hydrogen-bond donors (Lipinski definition) is 1. The molecule has 1 aromatic carbocycles. The first-order valence-electron chi connectivity index (χ1n) is 5.59. The molecule has 0 radical (unpaired) electrons. The smallest absolute Gasteiger partial charge is 0.0573 e. The van der Waals surface area contributed by atoms with E-state index in [1.54, 1.807) is 0 Å². The lowest BCUT2D eigenvalue weighted by Gasteiger charge is -2.26. The van der Waals surface area contributed by atoms with Gasteiger partial charge in [-0.25, -0.2) is 0 Å². The van der Waals surface area contributed by atoms with Gasteiger partial charge in [0.2, 0.25) is 0 Å². The molecule has 0 fully saturated rings. The second-order valence-corrected chi connectivity index (χ2v) is 4.97. The Morgan fingerprint density at radius 3 is 2.12 bits per heavy atom. The van der Waals surface area contributed by atoms with E-state index in [4.69, 9.17) is 0 Å². The van der Waals surface area contributed by atoms with E-state index < -0.39 is 0 Å². The average Bonchev–Trinajstić information content (AvgIpc) is 2.11. The van der Waals surface area contributed by atoms with Gasteiger partial charge in [-0.05, 0) is 51.8 Å². The van der Waals surface area contributed by atoms with E-state index in [1.165, 1.54) is 22.4 Å². The molecule has 16 heavy (non-hydrogen) atoms. The summed E-state index contributed by atoms with van der Waals surface area (Å²) in [5.41, 5.74) is 7.80. The molecule has 0 unspecified atom stereocenters. The van der Waals surface area contributed by atoms with E-state index in [-0.39, 0.29) is 5.54 Å². The molecule has 1 aromatic rings. The van der Waals surface area contributed by atoms with Crippen LogP contribution in [0.5, 0.6) is 0 Å². The third-order valence-electron chi connectivity index (χ3n) is 2.59. The van der Waals surface area contributed by atoms with Gasteiger partial charge in [0.25, 0.3) is 0 Å². The average molecular weight is 215 g/mol. The number of rotatable bonds is 3. The molecule has 0 atom stereocenters. The molecule has 0 bridgehead atoms. The van der Waals surface area contributed by atoms with Gasteiger partial charge in [-0.2, -0.15) is 0 Å². The topological polar surface area (TPSA) is 12.0 Å². The highest BCUT2D eigenvalue weighted by molar-refractivity contribution is 5.60. The number of aryl methyl sites for hydroxylation is 3. The van der Waals surface area contributed by atoms with Crippen molar-refractivity contribution in [2.24, 2.45) is 0 Å². The van der Waals surface area contributed by atoms with Crippen molar-refractivity contribution in [3.05, 3.63) is 47.2 Å². The SMILES string of the molecule is C=C=CC(C)(C)Nc1c(C)cc(C)cc1C. The summed E-state index contributed by atoms with van der Waals surface area (Å²) in [6.07, 6.45) is 1.95. The van der Waals surface area contributed by atoms with Crippen molar-refractivity contribution in [1.29, 1.82) is 0 Å². The zero-order valence-electron chi connectivity index (χ0n) is 10.9. The summed E-state index contributed by atoms with van der Waals surface area (Å²) in [6.45, 7) is 14.2. The maximum Gasteiger partial charge on any atom is 0.0573 e. The molecule has 1 N–H and O–H groups in total. The molecule has 0 aliphatic rings. The van der Waals surface area contributed by atoms with Gasteiger partial charge < -0.3 is 5.32 Å². The van der Waals surface area contributed by atoms with Gasteiger partial charge in [-0.3, -0.25) is 0 Å². The Hall–Kier alpha value is -1.46. The molecule has 0 heterocycles. The zero-order valence-corrected chi connectivity index (χ0v) is 10.9. The molecule has 0 amide bonds. The summed E-state index contributed by atoms with van der Waals surface area (Å²) in [5.74, 6) is 0. The van der Waals surface area contributed by atoms with Gasteiger partial charge >= 0.3 is 0 Å². The predicted octanol–water partition coefficient (Wildman–Crippen LogP) is 4.14. The van der Waals surface area contributed by atoms with Crippen LogP contribution in [0, 0.1) is 20.8 Å². The standard InChI is InChI=1S/C15H21N/c1-7-8-15(5,6)16-14-12(3)9-11(2)10-13(14)4/h8-10,16H,1H2,2-6H3. The predicted molar refractivity (Wildman–Crippen MR) is 72.1 cm³/mol. The van der Waals surface area contributed by atoms with Crippen LogP contribution in [-0.2, 0) is 0 Å². The van der Waals surface area contributed by atoms with Gasteiger partial charge in [-0.1, -0.05) is 24.3 Å². The summed E-state index contributed by atoms with van der Waals surface area (Å²) in [4.78, 5) is 0. The van der Waals surface area contributed by atoms with E-state index in [1.807, 2.05) is 6.08 Å². The molecular weight excluding hydrogens is 194 g/mol. The Morgan fingerprint density at radius 1 is 1.19 bits per heavy atom. The molecule has 0 spiro atoms. The maximum atomic E-state index is 3.63. The highest BCUT2D eigenvalue weighted by Gasteiger charge is 2.15. The lowest BCUT2D eigenvalue weighted by molar-refractivity contribution is 0.711. The summed E-state index contributed by atoms with van der Waals surface area (Å²) < 4.78 is 0. The van der Waals surface area contributed by atoms with E-state index in [0.29, 0.717) is 0 Å². The summed E-state index contributed by atoms with van der Waals surface area (Å²) in [5, 5.41) is 3.52. The van der Waals surface area contributed by atoms with Gasteiger partial charge in [0.05, 0.1) is 5.54 Å². The molecule has 0 aromatic heterocycles. The Kier molecular flexibility index (Phi) is 3.62. The van der Waals surface area contributed by atoms with Crippen LogP contribution < -0.4 is 5.32 Å². The first-order valence-corrected chi connectivity index (χ1v) is 5.59. The van der Waals surface area contributed by atoms with Gasteiger partial charge in [0.15, 0.2) is 0 Å². The van der Waals surface area contributed by atoms with Crippen molar-refractivity contribution in [2.75, 3.05) is 5.32 Å². The molecule has 1 heteroatoms. The third kappa shape index (κ3) is 3.01. The molecule has 0 saturated heterocycles. The highest BCUT2D eigenvalue weighted by atomic mass is 15.0. The second-order valence-electron chi connectivity index (χ2n) is 4.97. The minimum absolute atomic E-state index is 0.119. The lowest BCUT2D eigenvalue weighted by Crippen LogP contribution is -2.28. The maximum absolute atomic E-state index is 3.63. The van der Waals surface area contributed by atoms with Crippen LogP contribution in [0.1, 0.15) is 30.5 Å². The second kappa shape index (κ2) is 4.59. The molecule has 0 saturated carbocycles. The number of benzene rings is 1. The number of anilines is 1. The zero-order chi connectivity index (χ0) is 12.3. The first kappa shape index (κ1) is 12.6. The van der Waals surface area contributed by atoms with E-state index >= 15 is 0 Å². The van der Waals surface area contributed by atoms with Crippen LogP contribution in [0.4, 0.5) is 5.69 Å². The van der Waals surface area contributed by atoms with Crippen molar-refractivity contribution in [1.82, 2.24) is 0 Å². The van der Waals surface area contributed by atoms with Crippen LogP contribution in [0.25, 0.3) is 0 Å². The molecular formula is C15H21N. The van der Waals surface area contributed by atoms with Crippen molar-refractivity contribution in [3.63, 3.8) is 0 Å². The van der Waals surface area contributed by atoms with Crippen molar-refractivity contribution in [3.8, 4) is 0 Å². The van der Waals surface area contributed by atoms with E-state index in [9.17, 15) is 0 Å². The van der Waals surface area contributed by atoms with Crippen molar-refractivity contribution in [2.45, 2.75) is 40.2 Å². The fraction of sp³-hybridized carbons (Fsp3) is 0.400. The van der Waals surface area contributed by atoms with Crippen LogP contribution in [-0.4, -0.2) is 5.54 Å². The van der Waals surface area contributed by atoms with Gasteiger partial charge in [0.1, 0.15) is 0 Å². The lowest BCUT2D eigenvalue weighted by atomic mass is 10.00. The van der Waals surface area contributed by atoms with Gasteiger partial charge in [-0.15, -0.1) is 5.73 Å². The monoisotopic (exact) mass is 215 g/mol. The first-order chi connectivity index (χ1) is 7.35. The number of nitrogens with one attached hydrogen (secondary N) is 1. The quantitative estimate of drug-likeness (QED) is 0.747. The number of hydrogen-bond acceptors (Lipinski definition) is 1. The van der Waals surface area contributed by atoms with E-state index in [2.05, 4.69) is 64.4 Å². The Bertz CT molecular complexity index is 412. The normalized spacial score (nSPS) is 10.8. The van der Waals surface area contributed by atoms with Crippen LogP contribution in [0.3, 0.4) is 0 Å². The minimum Gasteiger partial charge on any atom is -0.376 e. The molecule has 86 valence electrons. The Labute approximate surface area is 98.9 Å². The van der Waals surface area contributed by atoms with Crippen molar-refractivity contribution >= 4 is 5.69 Å².